The third-order valence-corrected chi connectivity index (χ3v) is 4.81. The molecule has 1 aliphatic heterocycles. The van der Waals surface area contributed by atoms with Crippen molar-refractivity contribution in [2.45, 2.75) is 19.9 Å². The molecule has 0 radical (unpaired) electrons. The topological polar surface area (TPSA) is 84.5 Å². The van der Waals surface area contributed by atoms with Crippen molar-refractivity contribution in [3.63, 3.8) is 0 Å². The molecule has 7 heteroatoms. The summed E-state index contributed by atoms with van der Waals surface area (Å²) in [7, 11) is 0. The van der Waals surface area contributed by atoms with Crippen molar-refractivity contribution in [2.75, 3.05) is 6.61 Å². The van der Waals surface area contributed by atoms with Gasteiger partial charge in [0.2, 0.25) is 0 Å². The minimum atomic E-state index is -0.621. The first-order valence-electron chi connectivity index (χ1n) is 9.42. The lowest BCUT2D eigenvalue weighted by atomic mass is 9.94. The van der Waals surface area contributed by atoms with Gasteiger partial charge in [-0.3, -0.25) is 4.79 Å². The number of allylic oxidation sites excluding steroid dienone is 2. The minimum Gasteiger partial charge on any atom is -0.463 e. The standard InChI is InChI=1S/C23H21ClN2O4/c1-3-30-22(28)20-14(2)25-23(29)26-21(20)16-10-7-15(8-11-16)9-12-19(27)17-5-4-6-18(24)13-17/h4-13,21H,3H2,1-2H3,(H2,25,26,29)/b12-9+. The van der Waals surface area contributed by atoms with Gasteiger partial charge in [0.25, 0.3) is 0 Å². The van der Waals surface area contributed by atoms with E-state index in [0.717, 1.165) is 11.1 Å². The van der Waals surface area contributed by atoms with E-state index in [2.05, 4.69) is 10.6 Å². The number of halogens is 1. The molecule has 3 rings (SSSR count). The molecular weight excluding hydrogens is 404 g/mol. The van der Waals surface area contributed by atoms with Crippen molar-refractivity contribution in [3.05, 3.63) is 87.6 Å². The number of carbonyl (C=O) groups is 3. The van der Waals surface area contributed by atoms with E-state index in [0.29, 0.717) is 21.9 Å². The largest absolute Gasteiger partial charge is 0.463 e. The molecule has 2 aromatic rings. The van der Waals surface area contributed by atoms with E-state index in [1.54, 1.807) is 56.3 Å². The number of urea groups is 1. The van der Waals surface area contributed by atoms with Gasteiger partial charge in [0, 0.05) is 16.3 Å². The molecule has 0 fully saturated rings. The summed E-state index contributed by atoms with van der Waals surface area (Å²) < 4.78 is 5.13. The Bertz CT molecular complexity index is 1040. The SMILES string of the molecule is CCOC(=O)C1=C(C)NC(=O)NC1c1ccc(/C=C/C(=O)c2cccc(Cl)c2)cc1. The van der Waals surface area contributed by atoms with Gasteiger partial charge in [-0.15, -0.1) is 0 Å². The van der Waals surface area contributed by atoms with Crippen molar-refractivity contribution in [2.24, 2.45) is 0 Å². The molecule has 1 atom stereocenters. The number of rotatable bonds is 6. The number of benzene rings is 2. The smallest absolute Gasteiger partial charge is 0.338 e. The molecule has 0 bridgehead atoms. The average molecular weight is 425 g/mol. The molecule has 154 valence electrons. The zero-order valence-electron chi connectivity index (χ0n) is 16.6. The van der Waals surface area contributed by atoms with Crippen molar-refractivity contribution >= 4 is 35.5 Å². The predicted octanol–water partition coefficient (Wildman–Crippen LogP) is 4.43. The first-order chi connectivity index (χ1) is 14.4. The Morgan fingerprint density at radius 2 is 1.90 bits per heavy atom. The quantitative estimate of drug-likeness (QED) is 0.408. The highest BCUT2D eigenvalue weighted by Crippen LogP contribution is 2.28. The number of ketones is 1. The molecule has 6 nitrogen and oxygen atoms in total. The van der Waals surface area contributed by atoms with Gasteiger partial charge in [-0.05, 0) is 43.2 Å². The molecular formula is C23H21ClN2O4. The van der Waals surface area contributed by atoms with E-state index in [1.165, 1.54) is 6.08 Å². The minimum absolute atomic E-state index is 0.157. The van der Waals surface area contributed by atoms with Gasteiger partial charge in [-0.2, -0.15) is 0 Å². The van der Waals surface area contributed by atoms with Gasteiger partial charge in [-0.1, -0.05) is 54.1 Å². The van der Waals surface area contributed by atoms with E-state index in [9.17, 15) is 14.4 Å². The van der Waals surface area contributed by atoms with Crippen LogP contribution in [0.3, 0.4) is 0 Å². The van der Waals surface area contributed by atoms with E-state index < -0.39 is 12.0 Å². The fourth-order valence-corrected chi connectivity index (χ4v) is 3.32. The van der Waals surface area contributed by atoms with Crippen LogP contribution in [0.1, 0.15) is 41.4 Å². The molecule has 0 aliphatic carbocycles. The lowest BCUT2D eigenvalue weighted by molar-refractivity contribution is -0.139. The van der Waals surface area contributed by atoms with Crippen LogP contribution in [0.5, 0.6) is 0 Å². The van der Waals surface area contributed by atoms with Crippen LogP contribution in [0.4, 0.5) is 4.79 Å². The molecule has 2 N–H and O–H groups in total. The van der Waals surface area contributed by atoms with Gasteiger partial charge in [0.15, 0.2) is 5.78 Å². The summed E-state index contributed by atoms with van der Waals surface area (Å²) in [5.74, 6) is -0.640. The zero-order chi connectivity index (χ0) is 21.7. The van der Waals surface area contributed by atoms with Crippen molar-refractivity contribution < 1.29 is 19.1 Å². The highest BCUT2D eigenvalue weighted by atomic mass is 35.5. The molecule has 0 saturated carbocycles. The van der Waals surface area contributed by atoms with Crippen LogP contribution < -0.4 is 10.6 Å². The Labute approximate surface area is 179 Å². The summed E-state index contributed by atoms with van der Waals surface area (Å²) >= 11 is 5.92. The predicted molar refractivity (Wildman–Crippen MR) is 115 cm³/mol. The second-order valence-corrected chi connectivity index (χ2v) is 7.10. The van der Waals surface area contributed by atoms with Crippen LogP contribution >= 0.6 is 11.6 Å². The Hall–Kier alpha value is -3.38. The maximum Gasteiger partial charge on any atom is 0.338 e. The van der Waals surface area contributed by atoms with Gasteiger partial charge in [-0.25, -0.2) is 9.59 Å². The summed E-state index contributed by atoms with van der Waals surface area (Å²) in [4.78, 5) is 36.6. The number of amides is 2. The first-order valence-corrected chi connectivity index (χ1v) is 9.80. The van der Waals surface area contributed by atoms with Crippen LogP contribution in [0, 0.1) is 0 Å². The molecule has 0 aromatic heterocycles. The molecule has 0 spiro atoms. The van der Waals surface area contributed by atoms with E-state index in [4.69, 9.17) is 16.3 Å². The number of carbonyl (C=O) groups excluding carboxylic acids is 3. The maximum atomic E-state index is 12.4. The van der Waals surface area contributed by atoms with Crippen molar-refractivity contribution in [1.82, 2.24) is 10.6 Å². The Kier molecular flexibility index (Phi) is 6.69. The molecule has 1 heterocycles. The second kappa shape index (κ2) is 9.41. The third kappa shape index (κ3) is 4.96. The summed E-state index contributed by atoms with van der Waals surface area (Å²) in [5.41, 5.74) is 2.85. The maximum absolute atomic E-state index is 12.4. The number of ether oxygens (including phenoxy) is 1. The van der Waals surface area contributed by atoms with E-state index in [1.807, 2.05) is 12.1 Å². The molecule has 2 aromatic carbocycles. The first kappa shape index (κ1) is 21.3. The fourth-order valence-electron chi connectivity index (χ4n) is 3.13. The Balaban J connectivity index is 1.80. The molecule has 30 heavy (non-hydrogen) atoms. The zero-order valence-corrected chi connectivity index (χ0v) is 17.3. The second-order valence-electron chi connectivity index (χ2n) is 6.67. The molecule has 0 saturated heterocycles. The fraction of sp³-hybridized carbons (Fsp3) is 0.174. The Morgan fingerprint density at radius 1 is 1.17 bits per heavy atom. The Morgan fingerprint density at radius 3 is 2.57 bits per heavy atom. The summed E-state index contributed by atoms with van der Waals surface area (Å²) in [5, 5.41) is 5.86. The van der Waals surface area contributed by atoms with Crippen LogP contribution in [-0.2, 0) is 9.53 Å². The van der Waals surface area contributed by atoms with E-state index >= 15 is 0 Å². The number of hydrogen-bond donors (Lipinski definition) is 2. The van der Waals surface area contributed by atoms with Gasteiger partial charge in [0.1, 0.15) is 0 Å². The lowest BCUT2D eigenvalue weighted by Crippen LogP contribution is -2.45. The summed E-state index contributed by atoms with van der Waals surface area (Å²) in [6, 6.07) is 13.0. The highest BCUT2D eigenvalue weighted by Gasteiger charge is 2.31. The summed E-state index contributed by atoms with van der Waals surface area (Å²) in [6.45, 7) is 3.63. The van der Waals surface area contributed by atoms with Gasteiger partial charge < -0.3 is 15.4 Å². The average Bonchev–Trinajstić information content (AvgIpc) is 2.72. The molecule has 1 unspecified atom stereocenters. The lowest BCUT2D eigenvalue weighted by Gasteiger charge is -2.28. The normalized spacial score (nSPS) is 16.2. The number of hydrogen-bond acceptors (Lipinski definition) is 4. The van der Waals surface area contributed by atoms with Crippen molar-refractivity contribution in [1.29, 1.82) is 0 Å². The van der Waals surface area contributed by atoms with Crippen molar-refractivity contribution in [3.8, 4) is 0 Å². The highest BCUT2D eigenvalue weighted by molar-refractivity contribution is 6.31. The third-order valence-electron chi connectivity index (χ3n) is 4.57. The van der Waals surface area contributed by atoms with Gasteiger partial charge in [0.05, 0.1) is 18.2 Å². The van der Waals surface area contributed by atoms with Crippen LogP contribution in [0.15, 0.2) is 65.9 Å². The van der Waals surface area contributed by atoms with Crippen LogP contribution in [0.25, 0.3) is 6.08 Å². The number of esters is 1. The molecule has 2 amide bonds. The van der Waals surface area contributed by atoms with Crippen LogP contribution in [-0.4, -0.2) is 24.4 Å². The molecule has 1 aliphatic rings. The van der Waals surface area contributed by atoms with E-state index in [-0.39, 0.29) is 18.4 Å². The monoisotopic (exact) mass is 424 g/mol. The summed E-state index contributed by atoms with van der Waals surface area (Å²) in [6.07, 6.45) is 3.17. The number of nitrogens with one attached hydrogen (secondary N) is 2. The van der Waals surface area contributed by atoms with Crippen LogP contribution in [0.2, 0.25) is 5.02 Å². The van der Waals surface area contributed by atoms with Gasteiger partial charge >= 0.3 is 12.0 Å².